The number of hydrogen-bond acceptors (Lipinski definition) is 5. The van der Waals surface area contributed by atoms with E-state index in [1.165, 1.54) is 23.9 Å². The summed E-state index contributed by atoms with van der Waals surface area (Å²) in [6.07, 6.45) is 0. The normalized spacial score (nSPS) is 12.9. The van der Waals surface area contributed by atoms with E-state index in [4.69, 9.17) is 5.14 Å². The van der Waals surface area contributed by atoms with E-state index in [1.807, 2.05) is 49.7 Å². The third-order valence-corrected chi connectivity index (χ3v) is 6.45. The van der Waals surface area contributed by atoms with Gasteiger partial charge in [0.15, 0.2) is 5.16 Å². The van der Waals surface area contributed by atoms with Crippen LogP contribution >= 0.6 is 11.8 Å². The molecule has 1 atom stereocenters. The zero-order valence-electron chi connectivity index (χ0n) is 15.8. The largest absolute Gasteiger partial charge is 0.349 e. The van der Waals surface area contributed by atoms with Crippen LogP contribution in [0.15, 0.2) is 52.5 Å². The number of primary sulfonamides is 1. The molecular weight excluding hydrogens is 396 g/mol. The van der Waals surface area contributed by atoms with Gasteiger partial charge in [0, 0.05) is 7.05 Å². The molecule has 0 unspecified atom stereocenters. The molecule has 0 radical (unpaired) electrons. The molecule has 9 heteroatoms. The molecule has 0 fully saturated rings. The highest BCUT2D eigenvalue weighted by molar-refractivity contribution is 7.99. The van der Waals surface area contributed by atoms with Crippen LogP contribution in [0.2, 0.25) is 0 Å². The average molecular weight is 419 g/mol. The Kier molecular flexibility index (Phi) is 5.78. The SMILES string of the molecule is Cc1ccccc1[C@@H](C)NC(=O)CSc1nc2cc(S(N)(=O)=O)ccc2n1C. The van der Waals surface area contributed by atoms with Crippen LogP contribution in [0.5, 0.6) is 0 Å². The number of imidazole rings is 1. The number of nitrogens with one attached hydrogen (secondary N) is 1. The monoisotopic (exact) mass is 418 g/mol. The molecule has 1 aromatic heterocycles. The quantitative estimate of drug-likeness (QED) is 0.598. The Labute approximate surface area is 168 Å². The highest BCUT2D eigenvalue weighted by Crippen LogP contribution is 2.25. The summed E-state index contributed by atoms with van der Waals surface area (Å²) in [6.45, 7) is 3.97. The fourth-order valence-electron chi connectivity index (χ4n) is 3.03. The van der Waals surface area contributed by atoms with E-state index in [2.05, 4.69) is 10.3 Å². The second kappa shape index (κ2) is 7.94. The molecule has 0 saturated carbocycles. The molecule has 0 aliphatic carbocycles. The number of thioether (sulfide) groups is 1. The molecule has 148 valence electrons. The van der Waals surface area contributed by atoms with E-state index in [-0.39, 0.29) is 22.6 Å². The predicted octanol–water partition coefficient (Wildman–Crippen LogP) is 2.50. The zero-order chi connectivity index (χ0) is 20.5. The van der Waals surface area contributed by atoms with Gasteiger partial charge < -0.3 is 9.88 Å². The van der Waals surface area contributed by atoms with Gasteiger partial charge in [-0.2, -0.15) is 0 Å². The predicted molar refractivity (Wildman–Crippen MR) is 111 cm³/mol. The van der Waals surface area contributed by atoms with Crippen molar-refractivity contribution in [2.75, 3.05) is 5.75 Å². The zero-order valence-corrected chi connectivity index (χ0v) is 17.5. The van der Waals surface area contributed by atoms with Crippen molar-refractivity contribution in [3.05, 3.63) is 53.6 Å². The molecule has 3 N–H and O–H groups in total. The molecule has 3 rings (SSSR count). The number of carbonyl (C=O) groups is 1. The topological polar surface area (TPSA) is 107 Å². The fourth-order valence-corrected chi connectivity index (χ4v) is 4.36. The summed E-state index contributed by atoms with van der Waals surface area (Å²) in [5, 5.41) is 8.80. The van der Waals surface area contributed by atoms with Gasteiger partial charge in [0.1, 0.15) is 0 Å². The molecule has 28 heavy (non-hydrogen) atoms. The molecular formula is C19H22N4O3S2. The van der Waals surface area contributed by atoms with Gasteiger partial charge >= 0.3 is 0 Å². The van der Waals surface area contributed by atoms with Crippen LogP contribution in [0, 0.1) is 6.92 Å². The molecule has 7 nitrogen and oxygen atoms in total. The van der Waals surface area contributed by atoms with Crippen LogP contribution in [0.4, 0.5) is 0 Å². The van der Waals surface area contributed by atoms with Gasteiger partial charge in [-0.15, -0.1) is 0 Å². The van der Waals surface area contributed by atoms with Gasteiger partial charge in [-0.1, -0.05) is 36.0 Å². The van der Waals surface area contributed by atoms with Crippen molar-refractivity contribution in [3.8, 4) is 0 Å². The van der Waals surface area contributed by atoms with Crippen molar-refractivity contribution >= 4 is 38.7 Å². The van der Waals surface area contributed by atoms with Crippen molar-refractivity contribution in [1.82, 2.24) is 14.9 Å². The highest BCUT2D eigenvalue weighted by Gasteiger charge is 2.16. The van der Waals surface area contributed by atoms with Crippen molar-refractivity contribution in [3.63, 3.8) is 0 Å². The van der Waals surface area contributed by atoms with Crippen molar-refractivity contribution in [2.45, 2.75) is 29.9 Å². The van der Waals surface area contributed by atoms with Crippen LogP contribution in [-0.2, 0) is 21.9 Å². The minimum atomic E-state index is -3.79. The molecule has 0 aliphatic heterocycles. The van der Waals surface area contributed by atoms with Crippen LogP contribution in [-0.4, -0.2) is 29.6 Å². The Hall–Kier alpha value is -2.36. The number of fused-ring (bicyclic) bond motifs is 1. The van der Waals surface area contributed by atoms with Gasteiger partial charge in [0.2, 0.25) is 15.9 Å². The van der Waals surface area contributed by atoms with Crippen molar-refractivity contribution in [1.29, 1.82) is 0 Å². The summed E-state index contributed by atoms with van der Waals surface area (Å²) in [5.41, 5.74) is 3.50. The molecule has 1 amide bonds. The van der Waals surface area contributed by atoms with E-state index >= 15 is 0 Å². The van der Waals surface area contributed by atoms with Crippen LogP contribution in [0.25, 0.3) is 11.0 Å². The fraction of sp³-hybridized carbons (Fsp3) is 0.263. The first-order valence-electron chi connectivity index (χ1n) is 8.64. The third-order valence-electron chi connectivity index (χ3n) is 4.50. The van der Waals surface area contributed by atoms with Gasteiger partial charge in [-0.05, 0) is 43.2 Å². The Bertz CT molecular complexity index is 1140. The second-order valence-corrected chi connectivity index (χ2v) is 9.09. The minimum Gasteiger partial charge on any atom is -0.349 e. The van der Waals surface area contributed by atoms with Crippen LogP contribution < -0.4 is 10.5 Å². The molecule has 0 aliphatic rings. The Morgan fingerprint density at radius 2 is 2.00 bits per heavy atom. The standard InChI is InChI=1S/C19H22N4O3S2/c1-12-6-4-5-7-15(12)13(2)21-18(24)11-27-19-22-16-10-14(28(20,25)26)8-9-17(16)23(19)3/h4-10,13H,11H2,1-3H3,(H,21,24)(H2,20,25,26)/t13-/m1/s1. The first-order valence-corrected chi connectivity index (χ1v) is 11.2. The smallest absolute Gasteiger partial charge is 0.238 e. The number of nitrogens with zero attached hydrogens (tertiary/aromatic N) is 2. The average Bonchev–Trinajstić information content (AvgIpc) is 2.95. The maximum atomic E-state index is 12.4. The van der Waals surface area contributed by atoms with Gasteiger partial charge in [-0.3, -0.25) is 4.79 Å². The lowest BCUT2D eigenvalue weighted by atomic mass is 10.0. The van der Waals surface area contributed by atoms with E-state index < -0.39 is 10.0 Å². The first kappa shape index (κ1) is 20.4. The minimum absolute atomic E-state index is 0.0134. The number of benzene rings is 2. The molecule has 2 aromatic carbocycles. The lowest BCUT2D eigenvalue weighted by molar-refractivity contribution is -0.119. The van der Waals surface area contributed by atoms with Gasteiger partial charge in [0.25, 0.3) is 0 Å². The van der Waals surface area contributed by atoms with E-state index in [0.29, 0.717) is 10.7 Å². The third kappa shape index (κ3) is 4.37. The van der Waals surface area contributed by atoms with Gasteiger partial charge in [-0.25, -0.2) is 18.5 Å². The summed E-state index contributed by atoms with van der Waals surface area (Å²) in [5.74, 6) is 0.105. The van der Waals surface area contributed by atoms with Gasteiger partial charge in [0.05, 0.1) is 27.7 Å². The lowest BCUT2D eigenvalue weighted by Gasteiger charge is -2.16. The molecule has 0 bridgehead atoms. The number of hydrogen-bond donors (Lipinski definition) is 2. The van der Waals surface area contributed by atoms with E-state index in [1.54, 1.807) is 6.07 Å². The van der Waals surface area contributed by atoms with E-state index in [0.717, 1.165) is 16.6 Å². The highest BCUT2D eigenvalue weighted by atomic mass is 32.2. The van der Waals surface area contributed by atoms with Crippen LogP contribution in [0.3, 0.4) is 0 Å². The summed E-state index contributed by atoms with van der Waals surface area (Å²) >= 11 is 1.29. The molecule has 3 aromatic rings. The summed E-state index contributed by atoms with van der Waals surface area (Å²) in [6, 6.07) is 12.4. The Morgan fingerprint density at radius 1 is 1.29 bits per heavy atom. The number of carbonyl (C=O) groups excluding carboxylic acids is 1. The second-order valence-electron chi connectivity index (χ2n) is 6.58. The number of nitrogens with two attached hydrogens (primary N) is 1. The maximum Gasteiger partial charge on any atom is 0.238 e. The van der Waals surface area contributed by atoms with Crippen molar-refractivity contribution < 1.29 is 13.2 Å². The number of sulfonamides is 1. The molecule has 1 heterocycles. The number of rotatable bonds is 6. The molecule has 0 spiro atoms. The maximum absolute atomic E-state index is 12.4. The summed E-state index contributed by atoms with van der Waals surface area (Å²) < 4.78 is 24.8. The summed E-state index contributed by atoms with van der Waals surface area (Å²) in [4.78, 5) is 16.8. The first-order chi connectivity index (χ1) is 13.2. The number of aromatic nitrogens is 2. The Balaban J connectivity index is 1.70. The number of aryl methyl sites for hydroxylation is 2. The Morgan fingerprint density at radius 3 is 2.68 bits per heavy atom. The van der Waals surface area contributed by atoms with Crippen LogP contribution in [0.1, 0.15) is 24.1 Å². The number of amides is 1. The van der Waals surface area contributed by atoms with E-state index in [9.17, 15) is 13.2 Å². The molecule has 0 saturated heterocycles. The summed E-state index contributed by atoms with van der Waals surface area (Å²) in [7, 11) is -1.97. The van der Waals surface area contributed by atoms with Crippen molar-refractivity contribution in [2.24, 2.45) is 12.2 Å². The lowest BCUT2D eigenvalue weighted by Crippen LogP contribution is -2.28.